The van der Waals surface area contributed by atoms with Crippen LogP contribution in [0.2, 0.25) is 0 Å². The van der Waals surface area contributed by atoms with E-state index in [1.807, 2.05) is 0 Å². The summed E-state index contributed by atoms with van der Waals surface area (Å²) in [5, 5.41) is 30.5. The molecule has 0 spiro atoms. The van der Waals surface area contributed by atoms with E-state index >= 15 is 0 Å². The number of anilines is 1. The minimum Gasteiger partial charge on any atom is -0.505 e. The van der Waals surface area contributed by atoms with E-state index < -0.39 is 42.0 Å². The number of alkyl halides is 3. The van der Waals surface area contributed by atoms with Gasteiger partial charge in [0.25, 0.3) is 0 Å². The molecule has 3 aromatic heterocycles. The van der Waals surface area contributed by atoms with Crippen LogP contribution < -0.4 is 5.73 Å². The van der Waals surface area contributed by atoms with Crippen molar-refractivity contribution in [3.8, 4) is 5.75 Å². The van der Waals surface area contributed by atoms with Gasteiger partial charge in [-0.15, -0.1) is 0 Å². The molecular formula is C16H15F3N6O4S. The number of aromatic hydroxyl groups is 1. The number of pyridine rings is 1. The highest BCUT2D eigenvalue weighted by Crippen LogP contribution is 2.37. The van der Waals surface area contributed by atoms with Gasteiger partial charge in [-0.3, -0.25) is 4.57 Å². The van der Waals surface area contributed by atoms with Gasteiger partial charge in [0.1, 0.15) is 34.8 Å². The Morgan fingerprint density at radius 3 is 2.63 bits per heavy atom. The van der Waals surface area contributed by atoms with E-state index in [-0.39, 0.29) is 16.6 Å². The highest BCUT2D eigenvalue weighted by atomic mass is 32.2. The second-order valence-electron chi connectivity index (χ2n) is 6.49. The van der Waals surface area contributed by atoms with Gasteiger partial charge in [0, 0.05) is 11.9 Å². The summed E-state index contributed by atoms with van der Waals surface area (Å²) in [6, 6.07) is 0.570. The SMILES string of the molecule is Nc1ncnc2c1ncn2[C@@H]1O[C@H](CSc2ncc(C(F)(F)F)cc2O)[C@@H](O)[C@H]1O. The third-order valence-corrected chi connectivity index (χ3v) is 5.63. The van der Waals surface area contributed by atoms with Crippen molar-refractivity contribution in [1.82, 2.24) is 24.5 Å². The second kappa shape index (κ2) is 7.54. The molecule has 4 heterocycles. The lowest BCUT2D eigenvalue weighted by Crippen LogP contribution is -2.32. The van der Waals surface area contributed by atoms with E-state index in [9.17, 15) is 28.5 Å². The molecule has 160 valence electrons. The number of hydrogen-bond donors (Lipinski definition) is 4. The zero-order chi connectivity index (χ0) is 21.6. The number of aliphatic hydroxyl groups excluding tert-OH is 2. The van der Waals surface area contributed by atoms with Gasteiger partial charge in [-0.2, -0.15) is 13.2 Å². The molecule has 0 aliphatic carbocycles. The van der Waals surface area contributed by atoms with Crippen molar-refractivity contribution in [3.05, 3.63) is 30.5 Å². The van der Waals surface area contributed by atoms with Gasteiger partial charge >= 0.3 is 6.18 Å². The van der Waals surface area contributed by atoms with Gasteiger partial charge in [0.15, 0.2) is 17.7 Å². The smallest absolute Gasteiger partial charge is 0.418 e. The molecule has 4 atom stereocenters. The Bertz CT molecular complexity index is 1080. The zero-order valence-electron chi connectivity index (χ0n) is 14.9. The second-order valence-corrected chi connectivity index (χ2v) is 7.49. The van der Waals surface area contributed by atoms with Crippen LogP contribution in [0.4, 0.5) is 19.0 Å². The van der Waals surface area contributed by atoms with Gasteiger partial charge in [0.2, 0.25) is 0 Å². The van der Waals surface area contributed by atoms with Gasteiger partial charge < -0.3 is 25.8 Å². The molecule has 10 nitrogen and oxygen atoms in total. The van der Waals surface area contributed by atoms with Crippen LogP contribution in [-0.2, 0) is 10.9 Å². The van der Waals surface area contributed by atoms with Crippen LogP contribution >= 0.6 is 11.8 Å². The average Bonchev–Trinajstić information content (AvgIpc) is 3.23. The molecule has 0 aromatic carbocycles. The van der Waals surface area contributed by atoms with Crippen molar-refractivity contribution >= 4 is 28.7 Å². The third-order valence-electron chi connectivity index (χ3n) is 4.54. The van der Waals surface area contributed by atoms with Crippen LogP contribution in [0, 0.1) is 0 Å². The Morgan fingerprint density at radius 2 is 1.93 bits per heavy atom. The molecule has 30 heavy (non-hydrogen) atoms. The maximum absolute atomic E-state index is 12.7. The summed E-state index contributed by atoms with van der Waals surface area (Å²) in [6.07, 6.45) is -6.04. The Kier molecular flexibility index (Phi) is 5.17. The fourth-order valence-corrected chi connectivity index (χ4v) is 3.95. The van der Waals surface area contributed by atoms with E-state index in [0.29, 0.717) is 23.4 Å². The first kappa shape index (κ1) is 20.6. The monoisotopic (exact) mass is 444 g/mol. The lowest BCUT2D eigenvalue weighted by molar-refractivity contribution is -0.138. The summed E-state index contributed by atoms with van der Waals surface area (Å²) in [7, 11) is 0. The largest absolute Gasteiger partial charge is 0.505 e. The molecule has 1 saturated heterocycles. The number of halogens is 3. The summed E-state index contributed by atoms with van der Waals surface area (Å²) in [4.78, 5) is 15.6. The van der Waals surface area contributed by atoms with Crippen molar-refractivity contribution in [2.45, 2.75) is 35.7 Å². The van der Waals surface area contributed by atoms with Crippen molar-refractivity contribution < 1.29 is 33.2 Å². The Labute approximate surface area is 170 Å². The first-order valence-electron chi connectivity index (χ1n) is 8.50. The van der Waals surface area contributed by atoms with E-state index in [1.165, 1.54) is 17.2 Å². The molecular weight excluding hydrogens is 429 g/mol. The maximum Gasteiger partial charge on any atom is 0.418 e. The molecule has 0 saturated carbocycles. The van der Waals surface area contributed by atoms with Crippen LogP contribution in [0.15, 0.2) is 29.9 Å². The number of ether oxygens (including phenoxy) is 1. The molecule has 4 rings (SSSR count). The topological polar surface area (TPSA) is 152 Å². The Hall–Kier alpha value is -2.68. The number of nitrogens with two attached hydrogens (primary N) is 1. The summed E-state index contributed by atoms with van der Waals surface area (Å²) in [6.45, 7) is 0. The number of aliphatic hydroxyl groups is 2. The molecule has 1 aliphatic heterocycles. The molecule has 5 N–H and O–H groups in total. The minimum atomic E-state index is -4.63. The van der Waals surface area contributed by atoms with E-state index in [2.05, 4.69) is 19.9 Å². The quantitative estimate of drug-likeness (QED) is 0.428. The fourth-order valence-electron chi connectivity index (χ4n) is 3.02. The Morgan fingerprint density at radius 1 is 1.17 bits per heavy atom. The van der Waals surface area contributed by atoms with Crippen LogP contribution in [0.5, 0.6) is 5.75 Å². The van der Waals surface area contributed by atoms with Crippen LogP contribution in [0.3, 0.4) is 0 Å². The molecule has 0 amide bonds. The molecule has 14 heteroatoms. The van der Waals surface area contributed by atoms with Crippen molar-refractivity contribution in [1.29, 1.82) is 0 Å². The Balaban J connectivity index is 1.49. The van der Waals surface area contributed by atoms with Gasteiger partial charge in [-0.25, -0.2) is 19.9 Å². The highest BCUT2D eigenvalue weighted by molar-refractivity contribution is 7.99. The zero-order valence-corrected chi connectivity index (χ0v) is 15.7. The highest BCUT2D eigenvalue weighted by Gasteiger charge is 2.44. The number of thioether (sulfide) groups is 1. The van der Waals surface area contributed by atoms with E-state index in [0.717, 1.165) is 11.8 Å². The van der Waals surface area contributed by atoms with E-state index in [4.69, 9.17) is 10.5 Å². The standard InChI is InChI=1S/C16H15F3N6O4S/c17-16(18,19)6-1-7(26)14(21-2-6)30-3-8-10(27)11(28)15(29-8)25-5-24-9-12(20)22-4-23-13(9)25/h1-2,4-5,8,10-11,15,26-28H,3H2,(H2,20,22,23)/t8-,10-,11-,15-/m1/s1. The molecule has 1 aliphatic rings. The van der Waals surface area contributed by atoms with Gasteiger partial charge in [0.05, 0.1) is 18.0 Å². The van der Waals surface area contributed by atoms with Crippen molar-refractivity contribution in [3.63, 3.8) is 0 Å². The van der Waals surface area contributed by atoms with Crippen molar-refractivity contribution in [2.75, 3.05) is 11.5 Å². The summed E-state index contributed by atoms with van der Waals surface area (Å²) in [5.74, 6) is -0.500. The lowest BCUT2D eigenvalue weighted by Gasteiger charge is -2.16. The first-order valence-corrected chi connectivity index (χ1v) is 9.49. The minimum absolute atomic E-state index is 0.00437. The van der Waals surface area contributed by atoms with Crippen LogP contribution in [0.25, 0.3) is 11.2 Å². The number of rotatable bonds is 4. The molecule has 0 radical (unpaired) electrons. The number of hydrogen-bond acceptors (Lipinski definition) is 10. The first-order chi connectivity index (χ1) is 14.2. The van der Waals surface area contributed by atoms with Crippen molar-refractivity contribution in [2.24, 2.45) is 0 Å². The molecule has 3 aromatic rings. The van der Waals surface area contributed by atoms with Crippen LogP contribution in [-0.4, -0.2) is 63.9 Å². The predicted molar refractivity (Wildman–Crippen MR) is 97.3 cm³/mol. The molecule has 0 bridgehead atoms. The maximum atomic E-state index is 12.7. The number of fused-ring (bicyclic) bond motifs is 1. The predicted octanol–water partition coefficient (Wildman–Crippen LogP) is 0.939. The lowest BCUT2D eigenvalue weighted by atomic mass is 10.1. The van der Waals surface area contributed by atoms with E-state index in [1.54, 1.807) is 0 Å². The normalized spacial score (nSPS) is 24.6. The number of nitrogens with zero attached hydrogens (tertiary/aromatic N) is 5. The third kappa shape index (κ3) is 3.62. The number of nitrogen functional groups attached to an aromatic ring is 1. The summed E-state index contributed by atoms with van der Waals surface area (Å²) < 4.78 is 45.2. The summed E-state index contributed by atoms with van der Waals surface area (Å²) >= 11 is 0.880. The molecule has 1 fully saturated rings. The number of imidazole rings is 1. The molecule has 0 unspecified atom stereocenters. The number of aromatic nitrogens is 5. The van der Waals surface area contributed by atoms with Crippen LogP contribution in [0.1, 0.15) is 11.8 Å². The van der Waals surface area contributed by atoms with Gasteiger partial charge in [-0.05, 0) is 6.07 Å². The van der Waals surface area contributed by atoms with Gasteiger partial charge in [-0.1, -0.05) is 11.8 Å². The fraction of sp³-hybridized carbons (Fsp3) is 0.375. The summed E-state index contributed by atoms with van der Waals surface area (Å²) in [5.41, 5.74) is 5.26. The average molecular weight is 444 g/mol.